The lowest BCUT2D eigenvalue weighted by Crippen LogP contribution is -2.33. The molecule has 1 aromatic carbocycles. The highest BCUT2D eigenvalue weighted by atomic mass is 19.2. The molecule has 2 unspecified atom stereocenters. The number of carbonyl (C=O) groups is 2. The molecule has 0 bridgehead atoms. The van der Waals surface area contributed by atoms with Crippen LogP contribution in [0.2, 0.25) is 0 Å². The molecular weight excluding hydrogens is 268 g/mol. The number of carboxylic acids is 1. The van der Waals surface area contributed by atoms with E-state index in [-0.39, 0.29) is 18.0 Å². The number of amides is 1. The molecule has 1 aliphatic carbocycles. The number of hydrogen-bond donors (Lipinski definition) is 2. The maximum Gasteiger partial charge on any atom is 0.306 e. The first-order chi connectivity index (χ1) is 9.49. The molecule has 6 heteroatoms. The predicted octanol–water partition coefficient (Wildman–Crippen LogP) is 2.20. The first-order valence-electron chi connectivity index (χ1n) is 6.45. The van der Waals surface area contributed by atoms with Crippen molar-refractivity contribution in [3.63, 3.8) is 0 Å². The van der Waals surface area contributed by atoms with Crippen LogP contribution in [0.25, 0.3) is 0 Å². The Morgan fingerprint density at radius 3 is 2.65 bits per heavy atom. The molecule has 0 radical (unpaired) electrons. The summed E-state index contributed by atoms with van der Waals surface area (Å²) in [5.74, 6) is -4.03. The van der Waals surface area contributed by atoms with Crippen LogP contribution in [0.5, 0.6) is 0 Å². The van der Waals surface area contributed by atoms with Gasteiger partial charge >= 0.3 is 5.97 Å². The van der Waals surface area contributed by atoms with Gasteiger partial charge in [0.25, 0.3) is 5.91 Å². The van der Waals surface area contributed by atoms with Crippen molar-refractivity contribution in [2.75, 3.05) is 6.54 Å². The molecule has 2 atom stereocenters. The summed E-state index contributed by atoms with van der Waals surface area (Å²) in [6, 6.07) is 2.91. The van der Waals surface area contributed by atoms with Gasteiger partial charge in [0.2, 0.25) is 0 Å². The molecule has 0 aromatic heterocycles. The third-order valence-corrected chi connectivity index (χ3v) is 3.68. The normalized spacial score (nSPS) is 21.7. The highest BCUT2D eigenvalue weighted by Gasteiger charge is 2.32. The zero-order chi connectivity index (χ0) is 14.7. The summed E-state index contributed by atoms with van der Waals surface area (Å²) in [5.41, 5.74) is 0.0220. The molecule has 1 aliphatic rings. The van der Waals surface area contributed by atoms with Crippen molar-refractivity contribution in [1.82, 2.24) is 5.32 Å². The molecule has 20 heavy (non-hydrogen) atoms. The van der Waals surface area contributed by atoms with Gasteiger partial charge in [-0.15, -0.1) is 0 Å². The van der Waals surface area contributed by atoms with E-state index in [1.165, 1.54) is 6.07 Å². The van der Waals surface area contributed by atoms with E-state index < -0.39 is 29.4 Å². The summed E-state index contributed by atoms with van der Waals surface area (Å²) < 4.78 is 25.8. The SMILES string of the molecule is O=C(NCC1CCCC1C(=O)O)c1ccc(F)c(F)c1. The Morgan fingerprint density at radius 1 is 1.25 bits per heavy atom. The highest BCUT2D eigenvalue weighted by Crippen LogP contribution is 2.31. The van der Waals surface area contributed by atoms with E-state index in [0.29, 0.717) is 6.42 Å². The van der Waals surface area contributed by atoms with E-state index in [0.717, 1.165) is 25.0 Å². The lowest BCUT2D eigenvalue weighted by Gasteiger charge is -2.16. The van der Waals surface area contributed by atoms with Crippen molar-refractivity contribution >= 4 is 11.9 Å². The van der Waals surface area contributed by atoms with Gasteiger partial charge in [0.1, 0.15) is 0 Å². The third kappa shape index (κ3) is 3.12. The summed E-state index contributed by atoms with van der Waals surface area (Å²) >= 11 is 0. The third-order valence-electron chi connectivity index (χ3n) is 3.68. The van der Waals surface area contributed by atoms with Gasteiger partial charge in [0, 0.05) is 12.1 Å². The maximum absolute atomic E-state index is 13.0. The lowest BCUT2D eigenvalue weighted by molar-refractivity contribution is -0.142. The Balaban J connectivity index is 1.95. The quantitative estimate of drug-likeness (QED) is 0.890. The Morgan fingerprint density at radius 2 is 2.00 bits per heavy atom. The molecule has 0 aliphatic heterocycles. The number of nitrogens with one attached hydrogen (secondary N) is 1. The van der Waals surface area contributed by atoms with E-state index in [1.54, 1.807) is 0 Å². The molecule has 108 valence electrons. The molecular formula is C14H15F2NO3. The monoisotopic (exact) mass is 283 g/mol. The summed E-state index contributed by atoms with van der Waals surface area (Å²) in [6.07, 6.45) is 2.18. The second kappa shape index (κ2) is 5.98. The minimum atomic E-state index is -1.08. The van der Waals surface area contributed by atoms with Gasteiger partial charge in [0.15, 0.2) is 11.6 Å². The number of carboxylic acid groups (broad SMARTS) is 1. The molecule has 0 heterocycles. The van der Waals surface area contributed by atoms with E-state index >= 15 is 0 Å². The van der Waals surface area contributed by atoms with Crippen molar-refractivity contribution in [3.8, 4) is 0 Å². The topological polar surface area (TPSA) is 66.4 Å². The average Bonchev–Trinajstić information content (AvgIpc) is 2.87. The molecule has 0 spiro atoms. The number of benzene rings is 1. The van der Waals surface area contributed by atoms with Crippen LogP contribution >= 0.6 is 0 Å². The summed E-state index contributed by atoms with van der Waals surface area (Å²) in [6.45, 7) is 0.231. The van der Waals surface area contributed by atoms with Crippen molar-refractivity contribution in [1.29, 1.82) is 0 Å². The van der Waals surface area contributed by atoms with E-state index in [9.17, 15) is 18.4 Å². The standard InChI is InChI=1S/C14H15F2NO3/c15-11-5-4-8(6-12(11)16)13(18)17-7-9-2-1-3-10(9)14(19)20/h4-6,9-10H,1-3,7H2,(H,17,18)(H,19,20). The van der Waals surface area contributed by atoms with Gasteiger partial charge in [-0.25, -0.2) is 8.78 Å². The van der Waals surface area contributed by atoms with Crippen LogP contribution in [0.4, 0.5) is 8.78 Å². The highest BCUT2D eigenvalue weighted by molar-refractivity contribution is 5.94. The van der Waals surface area contributed by atoms with Gasteiger partial charge in [-0.1, -0.05) is 6.42 Å². The van der Waals surface area contributed by atoms with Gasteiger partial charge in [-0.3, -0.25) is 9.59 Å². The van der Waals surface area contributed by atoms with Crippen LogP contribution in [0.15, 0.2) is 18.2 Å². The van der Waals surface area contributed by atoms with Crippen LogP contribution in [-0.2, 0) is 4.79 Å². The fourth-order valence-electron chi connectivity index (χ4n) is 2.57. The van der Waals surface area contributed by atoms with Gasteiger partial charge in [0.05, 0.1) is 5.92 Å². The maximum atomic E-state index is 13.0. The average molecular weight is 283 g/mol. The first-order valence-corrected chi connectivity index (χ1v) is 6.45. The van der Waals surface area contributed by atoms with Crippen molar-refractivity contribution < 1.29 is 23.5 Å². The second-order valence-corrected chi connectivity index (χ2v) is 4.97. The zero-order valence-corrected chi connectivity index (χ0v) is 10.7. The molecule has 1 amide bonds. The number of carbonyl (C=O) groups excluding carboxylic acids is 1. The summed E-state index contributed by atoms with van der Waals surface area (Å²) in [7, 11) is 0. The number of halogens is 2. The van der Waals surface area contributed by atoms with Crippen LogP contribution in [0.3, 0.4) is 0 Å². The van der Waals surface area contributed by atoms with Gasteiger partial charge < -0.3 is 10.4 Å². The minimum Gasteiger partial charge on any atom is -0.481 e. The Labute approximate surface area is 114 Å². The molecule has 0 saturated heterocycles. The van der Waals surface area contributed by atoms with Crippen molar-refractivity contribution in [3.05, 3.63) is 35.4 Å². The Kier molecular flexibility index (Phi) is 4.32. The fourth-order valence-corrected chi connectivity index (χ4v) is 2.57. The molecule has 2 N–H and O–H groups in total. The number of rotatable bonds is 4. The minimum absolute atomic E-state index is 0.0220. The Hall–Kier alpha value is -1.98. The van der Waals surface area contributed by atoms with Gasteiger partial charge in [-0.05, 0) is 37.0 Å². The number of aliphatic carboxylic acids is 1. The lowest BCUT2D eigenvalue weighted by atomic mass is 9.96. The van der Waals surface area contributed by atoms with Gasteiger partial charge in [-0.2, -0.15) is 0 Å². The zero-order valence-electron chi connectivity index (χ0n) is 10.7. The van der Waals surface area contributed by atoms with Crippen LogP contribution in [-0.4, -0.2) is 23.5 Å². The number of hydrogen-bond acceptors (Lipinski definition) is 2. The first kappa shape index (κ1) is 14.4. The fraction of sp³-hybridized carbons (Fsp3) is 0.429. The van der Waals surface area contributed by atoms with E-state index in [4.69, 9.17) is 5.11 Å². The van der Waals surface area contributed by atoms with Crippen LogP contribution < -0.4 is 5.32 Å². The molecule has 1 saturated carbocycles. The molecule has 1 fully saturated rings. The van der Waals surface area contributed by atoms with E-state index in [1.807, 2.05) is 0 Å². The van der Waals surface area contributed by atoms with Crippen molar-refractivity contribution in [2.24, 2.45) is 11.8 Å². The second-order valence-electron chi connectivity index (χ2n) is 4.97. The summed E-state index contributed by atoms with van der Waals surface area (Å²) in [5, 5.41) is 11.6. The molecule has 2 rings (SSSR count). The molecule has 1 aromatic rings. The van der Waals surface area contributed by atoms with Crippen LogP contribution in [0, 0.1) is 23.5 Å². The molecule has 4 nitrogen and oxygen atoms in total. The summed E-state index contributed by atoms with van der Waals surface area (Å²) in [4.78, 5) is 22.8. The largest absolute Gasteiger partial charge is 0.481 e. The Bertz CT molecular complexity index is 533. The van der Waals surface area contributed by atoms with E-state index in [2.05, 4.69) is 5.32 Å². The van der Waals surface area contributed by atoms with Crippen LogP contribution in [0.1, 0.15) is 29.6 Å². The smallest absolute Gasteiger partial charge is 0.306 e. The van der Waals surface area contributed by atoms with Crippen molar-refractivity contribution in [2.45, 2.75) is 19.3 Å². The predicted molar refractivity (Wildman–Crippen MR) is 67.2 cm³/mol.